The zero-order valence-electron chi connectivity index (χ0n) is 15.6. The lowest BCUT2D eigenvalue weighted by Gasteiger charge is -2.31. The van der Waals surface area contributed by atoms with E-state index in [1.54, 1.807) is 12.1 Å². The lowest BCUT2D eigenvalue weighted by Crippen LogP contribution is -2.33. The van der Waals surface area contributed by atoms with Gasteiger partial charge in [0, 0.05) is 28.7 Å². The van der Waals surface area contributed by atoms with E-state index < -0.39 is 10.0 Å². The Kier molecular flexibility index (Phi) is 7.05. The van der Waals surface area contributed by atoms with Gasteiger partial charge in [0.1, 0.15) is 0 Å². The average molecular weight is 386 g/mol. The molecule has 0 saturated heterocycles. The first kappa shape index (κ1) is 20.4. The summed E-state index contributed by atoms with van der Waals surface area (Å²) in [5.41, 5.74) is 1.62. The van der Waals surface area contributed by atoms with Crippen LogP contribution in [0.25, 0.3) is 0 Å². The highest BCUT2D eigenvalue weighted by Crippen LogP contribution is 2.28. The first-order chi connectivity index (χ1) is 11.6. The minimum Gasteiger partial charge on any atom is -0.385 e. The van der Waals surface area contributed by atoms with E-state index >= 15 is 0 Å². The second-order valence-electron chi connectivity index (χ2n) is 7.88. The van der Waals surface area contributed by atoms with E-state index in [-0.39, 0.29) is 4.75 Å². The van der Waals surface area contributed by atoms with E-state index in [0.717, 1.165) is 18.5 Å². The van der Waals surface area contributed by atoms with Crippen LogP contribution in [0.1, 0.15) is 46.5 Å². The van der Waals surface area contributed by atoms with Crippen molar-refractivity contribution in [2.45, 2.75) is 57.2 Å². The van der Waals surface area contributed by atoms with Gasteiger partial charge >= 0.3 is 0 Å². The summed E-state index contributed by atoms with van der Waals surface area (Å²) in [7, 11) is -3.22. The Hall–Kier alpha value is -0.920. The molecular weight excluding hydrogens is 354 g/mol. The van der Waals surface area contributed by atoms with Gasteiger partial charge in [0.15, 0.2) is 0 Å². The Morgan fingerprint density at radius 3 is 2.12 bits per heavy atom. The summed E-state index contributed by atoms with van der Waals surface area (Å²) < 4.78 is 28.8. The summed E-state index contributed by atoms with van der Waals surface area (Å²) in [6.07, 6.45) is 6.09. The van der Waals surface area contributed by atoms with Crippen LogP contribution in [-0.4, -0.2) is 32.0 Å². The van der Waals surface area contributed by atoms with E-state index in [9.17, 15) is 8.42 Å². The van der Waals surface area contributed by atoms with Crippen molar-refractivity contribution in [3.05, 3.63) is 24.3 Å². The molecule has 2 rings (SSSR count). The van der Waals surface area contributed by atoms with Crippen LogP contribution in [0, 0.1) is 5.92 Å². The molecule has 0 spiro atoms. The van der Waals surface area contributed by atoms with Crippen LogP contribution >= 0.6 is 11.9 Å². The second kappa shape index (κ2) is 8.64. The largest absolute Gasteiger partial charge is 0.385 e. The summed E-state index contributed by atoms with van der Waals surface area (Å²) in [4.78, 5) is 0. The molecule has 1 saturated carbocycles. The van der Waals surface area contributed by atoms with Crippen molar-refractivity contribution in [1.29, 1.82) is 0 Å². The van der Waals surface area contributed by atoms with E-state index in [0.29, 0.717) is 17.6 Å². The number of anilines is 2. The van der Waals surface area contributed by atoms with Gasteiger partial charge in [-0.25, -0.2) is 8.42 Å². The molecule has 3 N–H and O–H groups in total. The molecule has 1 aromatic rings. The monoisotopic (exact) mass is 385 g/mol. The molecule has 0 radical (unpaired) electrons. The van der Waals surface area contributed by atoms with Gasteiger partial charge in [-0.15, -0.1) is 0 Å². The molecule has 0 bridgehead atoms. The Morgan fingerprint density at radius 1 is 1.04 bits per heavy atom. The SMILES string of the molecule is CC(C)(C)SNC1CCC(CNc2ccc(NS(C)(=O)=O)cc2)CC1. The molecule has 0 aliphatic heterocycles. The summed E-state index contributed by atoms with van der Waals surface area (Å²) in [6.45, 7) is 7.67. The highest BCUT2D eigenvalue weighted by molar-refractivity contribution is 7.98. The molecule has 1 aliphatic rings. The topological polar surface area (TPSA) is 70.2 Å². The third kappa shape index (κ3) is 8.33. The third-order valence-corrected chi connectivity index (χ3v) is 5.83. The van der Waals surface area contributed by atoms with Crippen LogP contribution in [0.5, 0.6) is 0 Å². The fourth-order valence-corrected chi connectivity index (χ4v) is 4.20. The molecule has 5 nitrogen and oxygen atoms in total. The van der Waals surface area contributed by atoms with Crippen LogP contribution in [0.3, 0.4) is 0 Å². The number of hydrogen-bond acceptors (Lipinski definition) is 5. The van der Waals surface area contributed by atoms with Gasteiger partial charge in [0.05, 0.1) is 6.26 Å². The number of nitrogens with one attached hydrogen (secondary N) is 3. The quantitative estimate of drug-likeness (QED) is 0.617. The van der Waals surface area contributed by atoms with Crippen molar-refractivity contribution in [3.8, 4) is 0 Å². The lowest BCUT2D eigenvalue weighted by atomic mass is 9.86. The van der Waals surface area contributed by atoms with Crippen molar-refractivity contribution >= 4 is 33.3 Å². The summed E-state index contributed by atoms with van der Waals surface area (Å²) >= 11 is 1.84. The van der Waals surface area contributed by atoms with Crippen LogP contribution < -0.4 is 14.8 Å². The first-order valence-corrected chi connectivity index (χ1v) is 11.6. The first-order valence-electron chi connectivity index (χ1n) is 8.86. The summed E-state index contributed by atoms with van der Waals surface area (Å²) in [5.74, 6) is 0.700. The highest BCUT2D eigenvalue weighted by atomic mass is 32.2. The van der Waals surface area contributed by atoms with Crippen LogP contribution in [0.15, 0.2) is 24.3 Å². The smallest absolute Gasteiger partial charge is 0.229 e. The predicted octanol–water partition coefficient (Wildman–Crippen LogP) is 4.07. The van der Waals surface area contributed by atoms with Gasteiger partial charge in [0.25, 0.3) is 0 Å². The van der Waals surface area contributed by atoms with Crippen molar-refractivity contribution in [3.63, 3.8) is 0 Å². The number of hydrogen-bond donors (Lipinski definition) is 3. The highest BCUT2D eigenvalue weighted by Gasteiger charge is 2.22. The molecule has 0 unspecified atom stereocenters. The van der Waals surface area contributed by atoms with Crippen molar-refractivity contribution in [1.82, 2.24) is 4.72 Å². The van der Waals surface area contributed by atoms with Crippen molar-refractivity contribution in [2.24, 2.45) is 5.92 Å². The zero-order valence-corrected chi connectivity index (χ0v) is 17.3. The number of benzene rings is 1. The molecule has 142 valence electrons. The molecule has 0 aromatic heterocycles. The van der Waals surface area contributed by atoms with Crippen LogP contribution in [0.4, 0.5) is 11.4 Å². The maximum Gasteiger partial charge on any atom is 0.229 e. The van der Waals surface area contributed by atoms with Crippen molar-refractivity contribution in [2.75, 3.05) is 22.8 Å². The second-order valence-corrected chi connectivity index (χ2v) is 11.3. The minimum atomic E-state index is -3.22. The Bertz CT molecular complexity index is 631. The summed E-state index contributed by atoms with van der Waals surface area (Å²) in [5, 5.41) is 3.47. The normalized spacial score (nSPS) is 21.8. The summed E-state index contributed by atoms with van der Waals surface area (Å²) in [6, 6.07) is 8.03. The van der Waals surface area contributed by atoms with E-state index in [2.05, 4.69) is 35.5 Å². The maximum absolute atomic E-state index is 11.2. The lowest BCUT2D eigenvalue weighted by molar-refractivity contribution is 0.328. The van der Waals surface area contributed by atoms with Gasteiger partial charge in [-0.1, -0.05) is 11.9 Å². The van der Waals surface area contributed by atoms with Crippen molar-refractivity contribution < 1.29 is 8.42 Å². The van der Waals surface area contributed by atoms with Gasteiger partial charge < -0.3 is 5.32 Å². The van der Waals surface area contributed by atoms with E-state index in [1.807, 2.05) is 24.1 Å². The molecular formula is C18H31N3O2S2. The Balaban J connectivity index is 1.70. The van der Waals surface area contributed by atoms with Crippen LogP contribution in [-0.2, 0) is 10.0 Å². The molecule has 0 heterocycles. The average Bonchev–Trinajstić information content (AvgIpc) is 2.51. The minimum absolute atomic E-state index is 0.260. The molecule has 0 amide bonds. The zero-order chi connectivity index (χ0) is 18.5. The Labute approximate surface area is 156 Å². The molecule has 1 aliphatic carbocycles. The van der Waals surface area contributed by atoms with Gasteiger partial charge in [-0.2, -0.15) is 0 Å². The predicted molar refractivity (Wildman–Crippen MR) is 110 cm³/mol. The molecule has 7 heteroatoms. The standard InChI is InChI=1S/C18H31N3O2S2/c1-18(2,3)24-20-16-7-5-14(6-8-16)13-19-15-9-11-17(12-10-15)21-25(4,22)23/h9-12,14,16,19-21H,5-8,13H2,1-4H3. The maximum atomic E-state index is 11.2. The number of rotatable bonds is 7. The van der Waals surface area contributed by atoms with Gasteiger partial charge in [-0.3, -0.25) is 9.44 Å². The van der Waals surface area contributed by atoms with Gasteiger partial charge in [-0.05, 0) is 76.6 Å². The molecule has 1 fully saturated rings. The fraction of sp³-hybridized carbons (Fsp3) is 0.667. The molecule has 1 aromatic carbocycles. The fourth-order valence-electron chi connectivity index (χ4n) is 2.88. The van der Waals surface area contributed by atoms with E-state index in [4.69, 9.17) is 0 Å². The van der Waals surface area contributed by atoms with Gasteiger partial charge in [0.2, 0.25) is 10.0 Å². The van der Waals surface area contributed by atoms with E-state index in [1.165, 1.54) is 25.7 Å². The molecule has 25 heavy (non-hydrogen) atoms. The van der Waals surface area contributed by atoms with Crippen LogP contribution in [0.2, 0.25) is 0 Å². The molecule has 0 atom stereocenters. The number of sulfonamides is 1. The Morgan fingerprint density at radius 2 is 1.60 bits per heavy atom. The third-order valence-electron chi connectivity index (χ3n) is 4.16.